The second kappa shape index (κ2) is 13.6. The molecule has 0 bridgehead atoms. The van der Waals surface area contributed by atoms with Crippen LogP contribution in [0, 0.1) is 0 Å². The summed E-state index contributed by atoms with van der Waals surface area (Å²) in [7, 11) is 0. The molecule has 0 aromatic heterocycles. The number of rotatable bonds is 12. The van der Waals surface area contributed by atoms with Crippen LogP contribution in [0.1, 0.15) is 65.2 Å². The highest BCUT2D eigenvalue weighted by molar-refractivity contribution is 6.58. The lowest BCUT2D eigenvalue weighted by Crippen LogP contribution is -2.13. The van der Waals surface area contributed by atoms with Crippen LogP contribution in [0.2, 0.25) is 15.8 Å². The second-order valence-corrected chi connectivity index (χ2v) is 8.54. The van der Waals surface area contributed by atoms with Gasteiger partial charge in [0.2, 0.25) is 0 Å². The molecule has 0 aromatic carbocycles. The first-order valence-electron chi connectivity index (χ1n) is 7.46. The third-order valence-electron chi connectivity index (χ3n) is 3.47. The van der Waals surface area contributed by atoms with Crippen molar-refractivity contribution in [2.45, 2.75) is 81.1 Å². The molecule has 0 saturated carbocycles. The molecule has 0 aliphatic carbocycles. The monoisotopic (exact) mass is 242 g/mol. The Morgan fingerprint density at radius 1 is 0.688 bits per heavy atom. The molecule has 0 aliphatic heterocycles. The van der Waals surface area contributed by atoms with Crippen LogP contribution in [0.5, 0.6) is 0 Å². The van der Waals surface area contributed by atoms with Gasteiger partial charge in [0.1, 0.15) is 0 Å². The van der Waals surface area contributed by atoms with Crippen molar-refractivity contribution in [3.63, 3.8) is 0 Å². The van der Waals surface area contributed by atoms with E-state index in [2.05, 4.69) is 13.8 Å². The third kappa shape index (κ3) is 11.0. The molecule has 0 saturated heterocycles. The molecule has 2 heteroatoms. The summed E-state index contributed by atoms with van der Waals surface area (Å²) in [5.74, 6) is 0. The summed E-state index contributed by atoms with van der Waals surface area (Å²) in [5, 5.41) is 13.2. The van der Waals surface area contributed by atoms with E-state index in [0.717, 1.165) is 5.28 Å². The van der Waals surface area contributed by atoms with Gasteiger partial charge in [-0.15, -0.1) is 0 Å². The van der Waals surface area contributed by atoms with Gasteiger partial charge in [0.25, 0.3) is 14.1 Å². The van der Waals surface area contributed by atoms with Crippen molar-refractivity contribution in [2.24, 2.45) is 0 Å². The Balaban J connectivity index is 3.45. The van der Waals surface area contributed by atoms with Crippen molar-refractivity contribution in [1.82, 2.24) is 0 Å². The Labute approximate surface area is 107 Å². The third-order valence-corrected chi connectivity index (χ3v) is 6.99. The molecule has 0 radical (unpaired) electrons. The molecule has 96 valence electrons. The van der Waals surface area contributed by atoms with Gasteiger partial charge in [-0.1, -0.05) is 81.1 Å². The molecule has 0 amide bonds. The fourth-order valence-corrected chi connectivity index (χ4v) is 5.30. The lowest BCUT2D eigenvalue weighted by Gasteiger charge is -2.10. The molecule has 0 fully saturated rings. The van der Waals surface area contributed by atoms with Crippen LogP contribution in [0.15, 0.2) is 0 Å². The topological polar surface area (TPSA) is 20.2 Å². The summed E-state index contributed by atoms with van der Waals surface area (Å²) in [6.45, 7) is 4.99. The van der Waals surface area contributed by atoms with Crippen molar-refractivity contribution in [1.29, 1.82) is 0 Å². The summed E-state index contributed by atoms with van der Waals surface area (Å²) in [4.78, 5) is 0. The Morgan fingerprint density at radius 2 is 1.19 bits per heavy atom. The minimum Gasteiger partial charge on any atom is -0.398 e. The highest BCUT2D eigenvalue weighted by Gasteiger charge is 2.14. The van der Waals surface area contributed by atoms with Gasteiger partial charge >= 0.3 is 0 Å². The molecule has 0 aromatic rings. The maximum absolute atomic E-state index is 9.08. The second-order valence-electron chi connectivity index (χ2n) is 5.08. The first-order chi connectivity index (χ1) is 7.85. The summed E-state index contributed by atoms with van der Waals surface area (Å²) in [6, 6.07) is 0. The number of hydrogen-bond acceptors (Lipinski definition) is 1. The SMILES string of the molecule is CCCCC[CH2][Al]([CH2]CO)[CH2]CCCCC. The van der Waals surface area contributed by atoms with Crippen LogP contribution in [0.25, 0.3) is 0 Å². The molecule has 16 heavy (non-hydrogen) atoms. The molecule has 0 rings (SSSR count). The summed E-state index contributed by atoms with van der Waals surface area (Å²) in [6.07, 6.45) is 11.2. The first kappa shape index (κ1) is 16.5. The quantitative estimate of drug-likeness (QED) is 0.390. The van der Waals surface area contributed by atoms with Crippen molar-refractivity contribution in [2.75, 3.05) is 6.61 Å². The van der Waals surface area contributed by atoms with Gasteiger partial charge in [0, 0.05) is 6.61 Å². The molecule has 0 spiro atoms. The molecule has 1 N–H and O–H groups in total. The molecular formula is C14H31AlO. The Hall–Kier alpha value is 0.492. The Kier molecular flexibility index (Phi) is 14.0. The van der Waals surface area contributed by atoms with Gasteiger partial charge < -0.3 is 5.11 Å². The van der Waals surface area contributed by atoms with Crippen molar-refractivity contribution >= 4 is 14.1 Å². The largest absolute Gasteiger partial charge is 0.398 e. The maximum atomic E-state index is 9.08. The van der Waals surface area contributed by atoms with E-state index in [-0.39, 0.29) is 0 Å². The maximum Gasteiger partial charge on any atom is 0.264 e. The van der Waals surface area contributed by atoms with Gasteiger partial charge in [-0.3, -0.25) is 0 Å². The van der Waals surface area contributed by atoms with E-state index >= 15 is 0 Å². The van der Waals surface area contributed by atoms with Gasteiger partial charge in [0.15, 0.2) is 0 Å². The summed E-state index contributed by atoms with van der Waals surface area (Å²) >= 11 is -0.569. The van der Waals surface area contributed by atoms with Crippen LogP contribution in [-0.2, 0) is 0 Å². The molecule has 0 heterocycles. The fourth-order valence-electron chi connectivity index (χ4n) is 2.34. The zero-order valence-electron chi connectivity index (χ0n) is 11.5. The minimum atomic E-state index is -0.569. The Bertz CT molecular complexity index is 116. The standard InChI is InChI=1S/2C6H13.C2H5O.Al/c2*1-3-5-6-4-2;1-2-3;/h2*1,3-6H2,2H3;3H,1-2H2;. The number of aliphatic hydroxyl groups is 1. The number of unbranched alkanes of at least 4 members (excludes halogenated alkanes) is 6. The van der Waals surface area contributed by atoms with Crippen LogP contribution in [0.3, 0.4) is 0 Å². The molecular weight excluding hydrogens is 211 g/mol. The zero-order chi connectivity index (χ0) is 12.1. The highest BCUT2D eigenvalue weighted by Crippen LogP contribution is 2.16. The van der Waals surface area contributed by atoms with Crippen LogP contribution < -0.4 is 0 Å². The van der Waals surface area contributed by atoms with Gasteiger partial charge in [-0.05, 0) is 0 Å². The first-order valence-corrected chi connectivity index (χ1v) is 9.90. The lowest BCUT2D eigenvalue weighted by atomic mass is 10.2. The van der Waals surface area contributed by atoms with E-state index in [0.29, 0.717) is 6.61 Å². The van der Waals surface area contributed by atoms with Gasteiger partial charge in [-0.25, -0.2) is 0 Å². The van der Waals surface area contributed by atoms with E-state index in [1.807, 2.05) is 0 Å². The summed E-state index contributed by atoms with van der Waals surface area (Å²) < 4.78 is 0. The van der Waals surface area contributed by atoms with Crippen LogP contribution in [0.4, 0.5) is 0 Å². The molecule has 0 atom stereocenters. The smallest absolute Gasteiger partial charge is 0.264 e. The average molecular weight is 242 g/mol. The van der Waals surface area contributed by atoms with E-state index in [1.54, 1.807) is 0 Å². The van der Waals surface area contributed by atoms with Gasteiger partial charge in [-0.2, -0.15) is 0 Å². The predicted molar refractivity (Wildman–Crippen MR) is 75.5 cm³/mol. The van der Waals surface area contributed by atoms with Crippen molar-refractivity contribution in [3.05, 3.63) is 0 Å². The van der Waals surface area contributed by atoms with Crippen molar-refractivity contribution < 1.29 is 5.11 Å². The number of hydrogen-bond donors (Lipinski definition) is 1. The molecule has 0 unspecified atom stereocenters. The van der Waals surface area contributed by atoms with Crippen LogP contribution in [-0.4, -0.2) is 25.9 Å². The molecule has 0 aliphatic rings. The zero-order valence-corrected chi connectivity index (χ0v) is 12.7. The van der Waals surface area contributed by atoms with Crippen molar-refractivity contribution in [3.8, 4) is 0 Å². The predicted octanol–water partition coefficient (Wildman–Crippen LogP) is 4.63. The average Bonchev–Trinajstić information content (AvgIpc) is 2.30. The molecule has 1 nitrogen and oxygen atoms in total. The van der Waals surface area contributed by atoms with E-state index in [1.165, 1.54) is 61.9 Å². The fraction of sp³-hybridized carbons (Fsp3) is 1.00. The van der Waals surface area contributed by atoms with E-state index in [9.17, 15) is 0 Å². The summed E-state index contributed by atoms with van der Waals surface area (Å²) in [5.41, 5.74) is 0. The van der Waals surface area contributed by atoms with E-state index < -0.39 is 14.1 Å². The number of aliphatic hydroxyl groups excluding tert-OH is 1. The van der Waals surface area contributed by atoms with Gasteiger partial charge in [0.05, 0.1) is 0 Å². The normalized spacial score (nSPS) is 10.7. The van der Waals surface area contributed by atoms with E-state index in [4.69, 9.17) is 5.11 Å². The Morgan fingerprint density at radius 3 is 1.56 bits per heavy atom. The highest BCUT2D eigenvalue weighted by atomic mass is 27.2. The van der Waals surface area contributed by atoms with Crippen LogP contribution >= 0.6 is 0 Å². The lowest BCUT2D eigenvalue weighted by molar-refractivity contribution is 0.317. The minimum absolute atomic E-state index is 0.443.